The quantitative estimate of drug-likeness (QED) is 0.556. The number of primary amides is 1. The minimum absolute atomic E-state index is 0.0808. The molecule has 0 radical (unpaired) electrons. The van der Waals surface area contributed by atoms with Crippen LogP contribution in [0.1, 0.15) is 57.0 Å². The van der Waals surface area contributed by atoms with Gasteiger partial charge in [0.2, 0.25) is 23.8 Å². The number of hydrogen-bond donors (Lipinski definition) is 3. The molecule has 1 amide bonds. The summed E-state index contributed by atoms with van der Waals surface area (Å²) in [5.74, 6) is 1.08. The fourth-order valence-electron chi connectivity index (χ4n) is 4.29. The lowest BCUT2D eigenvalue weighted by atomic mass is 9.96. The fraction of sp³-hybridized carbons (Fsp3) is 0.583. The molecule has 3 rings (SSSR count). The Labute approximate surface area is 197 Å². The molecular formula is C24H38N8O. The molecule has 1 aromatic carbocycles. The molecule has 1 aliphatic rings. The van der Waals surface area contributed by atoms with E-state index in [2.05, 4.69) is 60.1 Å². The van der Waals surface area contributed by atoms with Gasteiger partial charge in [-0.05, 0) is 49.9 Å². The van der Waals surface area contributed by atoms with Gasteiger partial charge in [0, 0.05) is 43.5 Å². The van der Waals surface area contributed by atoms with Crippen LogP contribution in [0, 0.1) is 12.3 Å². The van der Waals surface area contributed by atoms with Gasteiger partial charge in [0.05, 0.1) is 0 Å². The van der Waals surface area contributed by atoms with E-state index in [-0.39, 0.29) is 11.5 Å². The van der Waals surface area contributed by atoms with E-state index in [1.54, 1.807) is 12.1 Å². The van der Waals surface area contributed by atoms with Crippen LogP contribution in [-0.4, -0.2) is 64.5 Å². The van der Waals surface area contributed by atoms with Gasteiger partial charge >= 0.3 is 0 Å². The van der Waals surface area contributed by atoms with Crippen LogP contribution < -0.4 is 21.3 Å². The summed E-state index contributed by atoms with van der Waals surface area (Å²) >= 11 is 0. The van der Waals surface area contributed by atoms with E-state index in [0.29, 0.717) is 29.5 Å². The van der Waals surface area contributed by atoms with Crippen LogP contribution in [0.4, 0.5) is 23.5 Å². The summed E-state index contributed by atoms with van der Waals surface area (Å²) in [6.07, 6.45) is 1.04. The average molecular weight is 455 g/mol. The van der Waals surface area contributed by atoms with E-state index in [0.717, 1.165) is 37.3 Å². The van der Waals surface area contributed by atoms with Gasteiger partial charge in [-0.3, -0.25) is 9.69 Å². The molecule has 9 heteroatoms. The smallest absolute Gasteiger partial charge is 0.248 e. The molecular weight excluding hydrogens is 416 g/mol. The van der Waals surface area contributed by atoms with E-state index >= 15 is 0 Å². The lowest BCUT2D eigenvalue weighted by Crippen LogP contribution is -2.32. The molecule has 2 aromatic rings. The number of nitrogens with one attached hydrogen (secondary N) is 2. The third kappa shape index (κ3) is 6.54. The van der Waals surface area contributed by atoms with Crippen molar-refractivity contribution in [1.29, 1.82) is 0 Å². The minimum atomic E-state index is -0.475. The maximum absolute atomic E-state index is 11.7. The van der Waals surface area contributed by atoms with Crippen molar-refractivity contribution in [3.8, 4) is 0 Å². The predicted molar refractivity (Wildman–Crippen MR) is 134 cm³/mol. The third-order valence-corrected chi connectivity index (χ3v) is 5.89. The first kappa shape index (κ1) is 24.7. The monoisotopic (exact) mass is 454 g/mol. The Hall–Kier alpha value is -2.94. The van der Waals surface area contributed by atoms with Crippen molar-refractivity contribution in [2.45, 2.75) is 60.0 Å². The number of aromatic nitrogens is 3. The van der Waals surface area contributed by atoms with Crippen molar-refractivity contribution in [1.82, 2.24) is 19.9 Å². The van der Waals surface area contributed by atoms with Crippen LogP contribution in [0.25, 0.3) is 0 Å². The first-order chi connectivity index (χ1) is 15.4. The molecule has 0 aliphatic carbocycles. The van der Waals surface area contributed by atoms with E-state index in [9.17, 15) is 4.79 Å². The number of anilines is 4. The van der Waals surface area contributed by atoms with Gasteiger partial charge in [-0.15, -0.1) is 0 Å². The van der Waals surface area contributed by atoms with Crippen LogP contribution in [0.2, 0.25) is 0 Å². The van der Waals surface area contributed by atoms with Crippen LogP contribution >= 0.6 is 0 Å². The number of aryl methyl sites for hydroxylation is 1. The van der Waals surface area contributed by atoms with E-state index in [1.807, 2.05) is 24.9 Å². The zero-order valence-electron chi connectivity index (χ0n) is 20.9. The van der Waals surface area contributed by atoms with Crippen molar-refractivity contribution in [2.75, 3.05) is 42.2 Å². The molecule has 1 aromatic heterocycles. The molecule has 9 nitrogen and oxygen atoms in total. The van der Waals surface area contributed by atoms with Crippen LogP contribution in [0.5, 0.6) is 0 Å². The Morgan fingerprint density at radius 2 is 1.94 bits per heavy atom. The molecule has 2 atom stereocenters. The van der Waals surface area contributed by atoms with E-state index in [1.165, 1.54) is 0 Å². The number of carbonyl (C=O) groups is 1. The minimum Gasteiger partial charge on any atom is -0.366 e. The second-order valence-corrected chi connectivity index (χ2v) is 10.2. The molecule has 180 valence electrons. The number of nitrogens with zero attached hydrogens (tertiary/aromatic N) is 5. The Bertz CT molecular complexity index is 987. The fourth-order valence-corrected chi connectivity index (χ4v) is 4.29. The topological polar surface area (TPSA) is 112 Å². The molecule has 1 aliphatic heterocycles. The second-order valence-electron chi connectivity index (χ2n) is 10.2. The van der Waals surface area contributed by atoms with E-state index < -0.39 is 5.91 Å². The van der Waals surface area contributed by atoms with Gasteiger partial charge < -0.3 is 21.3 Å². The number of nitrogens with two attached hydrogens (primary N) is 1. The van der Waals surface area contributed by atoms with Crippen molar-refractivity contribution >= 4 is 29.4 Å². The van der Waals surface area contributed by atoms with Crippen molar-refractivity contribution in [3.05, 3.63) is 29.3 Å². The highest BCUT2D eigenvalue weighted by atomic mass is 16.1. The van der Waals surface area contributed by atoms with Gasteiger partial charge in [0.25, 0.3) is 0 Å². The number of hydrogen-bond acceptors (Lipinski definition) is 8. The predicted octanol–water partition coefficient (Wildman–Crippen LogP) is 3.40. The molecule has 1 fully saturated rings. The maximum Gasteiger partial charge on any atom is 0.248 e. The summed E-state index contributed by atoms with van der Waals surface area (Å²) in [6.45, 7) is 15.7. The maximum atomic E-state index is 11.7. The molecule has 4 N–H and O–H groups in total. The lowest BCUT2D eigenvalue weighted by molar-refractivity contribution is 0.100. The molecule has 1 saturated heterocycles. The summed E-state index contributed by atoms with van der Waals surface area (Å²) in [4.78, 5) is 30.2. The highest BCUT2D eigenvalue weighted by Gasteiger charge is 2.28. The molecule has 2 heterocycles. The van der Waals surface area contributed by atoms with Gasteiger partial charge in [0.1, 0.15) is 0 Å². The zero-order chi connectivity index (χ0) is 24.3. The number of amides is 1. The first-order valence-electron chi connectivity index (χ1n) is 11.6. The van der Waals surface area contributed by atoms with Crippen LogP contribution in [-0.2, 0) is 0 Å². The first-order valence-corrected chi connectivity index (χ1v) is 11.6. The Balaban J connectivity index is 1.92. The van der Waals surface area contributed by atoms with Crippen molar-refractivity contribution < 1.29 is 4.79 Å². The van der Waals surface area contributed by atoms with Gasteiger partial charge in [0.15, 0.2) is 0 Å². The SMILES string of the molecule is CCN1C[C@@H](Nc2nc(Nc3cc(C(N)=O)ccc3C)nc(N(C)CC(C)(C)C)n2)C[C@H]1C. The second kappa shape index (κ2) is 9.91. The Kier molecular flexibility index (Phi) is 7.41. The van der Waals surface area contributed by atoms with E-state index in [4.69, 9.17) is 10.7 Å². The Morgan fingerprint density at radius 1 is 1.24 bits per heavy atom. The lowest BCUT2D eigenvalue weighted by Gasteiger charge is -2.27. The number of carbonyl (C=O) groups excluding carboxylic acids is 1. The molecule has 0 saturated carbocycles. The summed E-state index contributed by atoms with van der Waals surface area (Å²) in [7, 11) is 1.99. The summed E-state index contributed by atoms with van der Waals surface area (Å²) in [5.41, 5.74) is 7.68. The van der Waals surface area contributed by atoms with Crippen molar-refractivity contribution in [3.63, 3.8) is 0 Å². The zero-order valence-corrected chi connectivity index (χ0v) is 20.9. The highest BCUT2D eigenvalue weighted by molar-refractivity contribution is 5.94. The highest BCUT2D eigenvalue weighted by Crippen LogP contribution is 2.25. The largest absolute Gasteiger partial charge is 0.366 e. The van der Waals surface area contributed by atoms with Gasteiger partial charge in [-0.2, -0.15) is 15.0 Å². The molecule has 0 bridgehead atoms. The van der Waals surface area contributed by atoms with Crippen LogP contribution in [0.3, 0.4) is 0 Å². The number of benzene rings is 1. The summed E-state index contributed by atoms with van der Waals surface area (Å²) in [5, 5.41) is 6.79. The molecule has 0 spiro atoms. The standard InChI is InChI=1S/C24H38N8O/c1-8-32-13-18(11-16(32)3)26-21-28-22(30-23(29-21)31(7)14-24(4,5)6)27-19-12-17(20(25)33)10-9-15(19)2/h9-10,12,16,18H,8,11,13-14H2,1-7H3,(H2,25,33)(H2,26,27,28,29,30)/t16-,18+/m1/s1. The summed E-state index contributed by atoms with van der Waals surface area (Å²) < 4.78 is 0. The summed E-state index contributed by atoms with van der Waals surface area (Å²) in [6, 6.07) is 6.09. The number of likely N-dealkylation sites (tertiary alicyclic amines) is 1. The average Bonchev–Trinajstić information content (AvgIpc) is 3.07. The molecule has 0 unspecified atom stereocenters. The van der Waals surface area contributed by atoms with Gasteiger partial charge in [-0.25, -0.2) is 0 Å². The Morgan fingerprint density at radius 3 is 2.55 bits per heavy atom. The molecule has 33 heavy (non-hydrogen) atoms. The number of rotatable bonds is 8. The van der Waals surface area contributed by atoms with Crippen LogP contribution in [0.15, 0.2) is 18.2 Å². The third-order valence-electron chi connectivity index (χ3n) is 5.89. The van der Waals surface area contributed by atoms with Crippen molar-refractivity contribution in [2.24, 2.45) is 11.1 Å². The van der Waals surface area contributed by atoms with Gasteiger partial charge in [-0.1, -0.05) is 33.8 Å². The normalized spacial score (nSPS) is 18.9. The number of likely N-dealkylation sites (N-methyl/N-ethyl adjacent to an activating group) is 1.